The van der Waals surface area contributed by atoms with Crippen molar-refractivity contribution in [2.24, 2.45) is 4.99 Å². The lowest BCUT2D eigenvalue weighted by Crippen LogP contribution is -2.29. The monoisotopic (exact) mass is 339 g/mol. The minimum Gasteiger partial charge on any atom is -0.348 e. The fourth-order valence-electron chi connectivity index (χ4n) is 4.09. The highest BCUT2D eigenvalue weighted by Crippen LogP contribution is 2.44. The van der Waals surface area contributed by atoms with E-state index >= 15 is 0 Å². The van der Waals surface area contributed by atoms with Gasteiger partial charge in [-0.05, 0) is 16.7 Å². The first-order valence-corrected chi connectivity index (χ1v) is 9.16. The Balaban J connectivity index is 1.53. The van der Waals surface area contributed by atoms with Crippen LogP contribution in [0.5, 0.6) is 0 Å². The van der Waals surface area contributed by atoms with E-state index in [1.165, 1.54) is 16.7 Å². The van der Waals surface area contributed by atoms with Crippen molar-refractivity contribution in [1.82, 2.24) is 10.2 Å². The number of hydrogen-bond donors (Lipinski definition) is 1. The van der Waals surface area contributed by atoms with Gasteiger partial charge < -0.3 is 10.2 Å². The summed E-state index contributed by atoms with van der Waals surface area (Å²) < 4.78 is 0. The third-order valence-electron chi connectivity index (χ3n) is 5.34. The molecule has 0 aromatic heterocycles. The molecule has 1 saturated heterocycles. The molecule has 0 aliphatic carbocycles. The lowest BCUT2D eigenvalue weighted by Gasteiger charge is -2.27. The smallest absolute Gasteiger partial charge is 0.195 e. The number of nitrogens with one attached hydrogen (secondary N) is 1. The number of benzene rings is 3. The maximum Gasteiger partial charge on any atom is 0.195 e. The summed E-state index contributed by atoms with van der Waals surface area (Å²) in [6.07, 6.45) is 0. The molecule has 0 saturated carbocycles. The zero-order valence-corrected chi connectivity index (χ0v) is 14.5. The first-order valence-electron chi connectivity index (χ1n) is 9.16. The van der Waals surface area contributed by atoms with Crippen LogP contribution < -0.4 is 5.32 Å². The SMILES string of the molecule is c1ccc([C@@H]2CN3C(=N[C@@H](c4ccccc4)[C@@H]3c3ccccc3)N2)cc1. The lowest BCUT2D eigenvalue weighted by atomic mass is 9.93. The van der Waals surface area contributed by atoms with Crippen LogP contribution in [-0.2, 0) is 0 Å². The van der Waals surface area contributed by atoms with Gasteiger partial charge in [-0.25, -0.2) is 4.99 Å². The molecule has 3 atom stereocenters. The summed E-state index contributed by atoms with van der Waals surface area (Å²) in [5.74, 6) is 1.02. The Kier molecular flexibility index (Phi) is 3.71. The zero-order valence-electron chi connectivity index (χ0n) is 14.5. The summed E-state index contributed by atoms with van der Waals surface area (Å²) in [6.45, 7) is 0.936. The van der Waals surface area contributed by atoms with Crippen LogP contribution in [0.3, 0.4) is 0 Å². The van der Waals surface area contributed by atoms with Crippen molar-refractivity contribution in [2.75, 3.05) is 6.54 Å². The van der Waals surface area contributed by atoms with Crippen molar-refractivity contribution in [3.8, 4) is 0 Å². The second kappa shape index (κ2) is 6.34. The van der Waals surface area contributed by atoms with Crippen LogP contribution >= 0.6 is 0 Å². The fraction of sp³-hybridized carbons (Fsp3) is 0.174. The molecule has 3 aromatic rings. The highest BCUT2D eigenvalue weighted by atomic mass is 15.4. The second-order valence-corrected chi connectivity index (χ2v) is 6.92. The second-order valence-electron chi connectivity index (χ2n) is 6.92. The summed E-state index contributed by atoms with van der Waals surface area (Å²) in [7, 11) is 0. The highest BCUT2D eigenvalue weighted by Gasteiger charge is 2.43. The van der Waals surface area contributed by atoms with Gasteiger partial charge in [0, 0.05) is 6.54 Å². The average Bonchev–Trinajstić information content (AvgIpc) is 3.28. The molecule has 3 heteroatoms. The number of aliphatic imine (C=N–C) groups is 1. The Morgan fingerprint density at radius 3 is 1.85 bits per heavy atom. The fourth-order valence-corrected chi connectivity index (χ4v) is 4.09. The number of nitrogens with zero attached hydrogens (tertiary/aromatic N) is 2. The van der Waals surface area contributed by atoms with E-state index in [4.69, 9.17) is 4.99 Å². The Bertz CT molecular complexity index is 906. The molecule has 2 aliphatic rings. The number of guanidine groups is 1. The Morgan fingerprint density at radius 2 is 1.23 bits per heavy atom. The van der Waals surface area contributed by atoms with Crippen molar-refractivity contribution in [1.29, 1.82) is 0 Å². The van der Waals surface area contributed by atoms with Crippen LogP contribution in [-0.4, -0.2) is 17.4 Å². The normalized spacial score (nSPS) is 24.1. The van der Waals surface area contributed by atoms with Crippen molar-refractivity contribution in [3.05, 3.63) is 108 Å². The number of rotatable bonds is 3. The van der Waals surface area contributed by atoms with Crippen LogP contribution in [0, 0.1) is 0 Å². The van der Waals surface area contributed by atoms with Gasteiger partial charge in [0.05, 0.1) is 12.1 Å². The maximum atomic E-state index is 5.09. The first-order chi connectivity index (χ1) is 12.9. The van der Waals surface area contributed by atoms with Crippen LogP contribution in [0.15, 0.2) is 96.0 Å². The van der Waals surface area contributed by atoms with E-state index in [0.717, 1.165) is 12.5 Å². The Labute approximate surface area is 154 Å². The van der Waals surface area contributed by atoms with Crippen molar-refractivity contribution >= 4 is 5.96 Å². The predicted molar refractivity (Wildman–Crippen MR) is 105 cm³/mol. The Hall–Kier alpha value is -3.07. The molecule has 0 unspecified atom stereocenters. The van der Waals surface area contributed by atoms with E-state index in [1.807, 2.05) is 0 Å². The van der Waals surface area contributed by atoms with Gasteiger partial charge in [-0.1, -0.05) is 91.0 Å². The summed E-state index contributed by atoms with van der Waals surface area (Å²) in [6, 6.07) is 32.7. The molecule has 0 amide bonds. The molecule has 3 nitrogen and oxygen atoms in total. The van der Waals surface area contributed by atoms with E-state index < -0.39 is 0 Å². The van der Waals surface area contributed by atoms with Crippen LogP contribution in [0.4, 0.5) is 0 Å². The van der Waals surface area contributed by atoms with E-state index in [1.54, 1.807) is 0 Å². The van der Waals surface area contributed by atoms with Gasteiger partial charge in [0.15, 0.2) is 5.96 Å². The largest absolute Gasteiger partial charge is 0.348 e. The molecule has 0 spiro atoms. The number of fused-ring (bicyclic) bond motifs is 1. The van der Waals surface area contributed by atoms with Gasteiger partial charge in [-0.15, -0.1) is 0 Å². The molecule has 26 heavy (non-hydrogen) atoms. The van der Waals surface area contributed by atoms with E-state index in [9.17, 15) is 0 Å². The van der Waals surface area contributed by atoms with Crippen molar-refractivity contribution in [3.63, 3.8) is 0 Å². The third-order valence-corrected chi connectivity index (χ3v) is 5.34. The minimum absolute atomic E-state index is 0.123. The van der Waals surface area contributed by atoms with Crippen molar-refractivity contribution in [2.45, 2.75) is 18.1 Å². The van der Waals surface area contributed by atoms with Gasteiger partial charge >= 0.3 is 0 Å². The van der Waals surface area contributed by atoms with Gasteiger partial charge in [0.2, 0.25) is 0 Å². The van der Waals surface area contributed by atoms with Gasteiger partial charge in [-0.2, -0.15) is 0 Å². The summed E-state index contributed by atoms with van der Waals surface area (Å²) in [5, 5.41) is 3.64. The molecule has 5 rings (SSSR count). The molecule has 1 fully saturated rings. The molecular formula is C23H21N3. The summed E-state index contributed by atoms with van der Waals surface area (Å²) >= 11 is 0. The molecule has 0 bridgehead atoms. The molecular weight excluding hydrogens is 318 g/mol. The third kappa shape index (κ3) is 2.57. The molecule has 2 heterocycles. The average molecular weight is 339 g/mol. The first kappa shape index (κ1) is 15.2. The maximum absolute atomic E-state index is 5.09. The van der Waals surface area contributed by atoms with Gasteiger partial charge in [0.25, 0.3) is 0 Å². The standard InChI is InChI=1S/C23H21N3/c1-4-10-17(11-5-1)20-16-26-22(19-14-8-3-9-15-19)21(25-23(26)24-20)18-12-6-2-7-13-18/h1-15,20-22H,16H2,(H,24,25)/t20-,21-,22-/m0/s1. The van der Waals surface area contributed by atoms with Crippen LogP contribution in [0.1, 0.15) is 34.8 Å². The highest BCUT2D eigenvalue weighted by molar-refractivity contribution is 5.85. The molecule has 2 aliphatic heterocycles. The summed E-state index contributed by atoms with van der Waals surface area (Å²) in [4.78, 5) is 7.52. The van der Waals surface area contributed by atoms with E-state index in [2.05, 4.69) is 101 Å². The molecule has 0 radical (unpaired) electrons. The Morgan fingerprint density at radius 1 is 0.692 bits per heavy atom. The van der Waals surface area contributed by atoms with Crippen LogP contribution in [0.25, 0.3) is 0 Å². The quantitative estimate of drug-likeness (QED) is 0.761. The van der Waals surface area contributed by atoms with Crippen LogP contribution in [0.2, 0.25) is 0 Å². The molecule has 128 valence electrons. The van der Waals surface area contributed by atoms with Crippen molar-refractivity contribution < 1.29 is 0 Å². The zero-order chi connectivity index (χ0) is 17.3. The number of hydrogen-bond acceptors (Lipinski definition) is 3. The molecule has 3 aromatic carbocycles. The van der Waals surface area contributed by atoms with Gasteiger partial charge in [-0.3, -0.25) is 0 Å². The van der Waals surface area contributed by atoms with E-state index in [0.29, 0.717) is 0 Å². The lowest BCUT2D eigenvalue weighted by molar-refractivity contribution is 0.319. The molecule has 1 N–H and O–H groups in total. The predicted octanol–water partition coefficient (Wildman–Crippen LogP) is 4.49. The van der Waals surface area contributed by atoms with Gasteiger partial charge in [0.1, 0.15) is 6.04 Å². The summed E-state index contributed by atoms with van der Waals surface area (Å²) in [5.41, 5.74) is 3.89. The van der Waals surface area contributed by atoms with E-state index in [-0.39, 0.29) is 18.1 Å². The minimum atomic E-state index is 0.123. The topological polar surface area (TPSA) is 27.6 Å².